The van der Waals surface area contributed by atoms with Gasteiger partial charge >= 0.3 is 0 Å². The first-order valence-electron chi connectivity index (χ1n) is 5.41. The van der Waals surface area contributed by atoms with Crippen LogP contribution in [0.3, 0.4) is 0 Å². The number of hydrogen-bond donors (Lipinski definition) is 2. The number of hydrogen-bond acceptors (Lipinski definition) is 5. The molecule has 3 N–H and O–H groups in total. The molecule has 2 aromatic rings. The number of aromatic nitrogens is 1. The van der Waals surface area contributed by atoms with Crippen molar-refractivity contribution in [3.63, 3.8) is 0 Å². The number of methoxy groups -OCH3 is 1. The molecular formula is C13H11ClN4O. The second kappa shape index (κ2) is 5.46. The van der Waals surface area contributed by atoms with Crippen LogP contribution in [-0.4, -0.2) is 12.1 Å². The van der Waals surface area contributed by atoms with Gasteiger partial charge in [-0.3, -0.25) is 0 Å². The Hall–Kier alpha value is -2.45. The lowest BCUT2D eigenvalue weighted by Crippen LogP contribution is -2.02. The molecule has 0 aliphatic carbocycles. The fraction of sp³-hybridized carbons (Fsp3) is 0.0769. The Morgan fingerprint density at radius 2 is 2.26 bits per heavy atom. The van der Waals surface area contributed by atoms with Crippen LogP contribution in [0, 0.1) is 11.3 Å². The summed E-state index contributed by atoms with van der Waals surface area (Å²) in [5, 5.41) is 12.6. The highest BCUT2D eigenvalue weighted by atomic mass is 35.5. The molecule has 96 valence electrons. The predicted molar refractivity (Wildman–Crippen MR) is 74.7 cm³/mol. The van der Waals surface area contributed by atoms with Gasteiger partial charge in [-0.25, -0.2) is 4.98 Å². The maximum Gasteiger partial charge on any atom is 0.153 e. The van der Waals surface area contributed by atoms with E-state index in [-0.39, 0.29) is 0 Å². The van der Waals surface area contributed by atoms with Crippen LogP contribution in [0.1, 0.15) is 5.56 Å². The molecule has 0 aliphatic rings. The summed E-state index contributed by atoms with van der Waals surface area (Å²) in [5.41, 5.74) is 7.17. The SMILES string of the molecule is COc1cccc(C#N)c1Nc1ncc(Cl)cc1N. The van der Waals surface area contributed by atoms with E-state index in [2.05, 4.69) is 16.4 Å². The summed E-state index contributed by atoms with van der Waals surface area (Å²) in [6.07, 6.45) is 1.47. The third kappa shape index (κ3) is 2.69. The smallest absolute Gasteiger partial charge is 0.153 e. The Labute approximate surface area is 115 Å². The number of halogens is 1. The van der Waals surface area contributed by atoms with Crippen LogP contribution in [-0.2, 0) is 0 Å². The van der Waals surface area contributed by atoms with Gasteiger partial charge in [0.1, 0.15) is 17.5 Å². The molecule has 0 aliphatic heterocycles. The van der Waals surface area contributed by atoms with E-state index in [4.69, 9.17) is 27.3 Å². The lowest BCUT2D eigenvalue weighted by molar-refractivity contribution is 0.416. The van der Waals surface area contributed by atoms with E-state index >= 15 is 0 Å². The number of nitrogens with zero attached hydrogens (tertiary/aromatic N) is 2. The highest BCUT2D eigenvalue weighted by molar-refractivity contribution is 6.30. The number of rotatable bonds is 3. The summed E-state index contributed by atoms with van der Waals surface area (Å²) < 4.78 is 5.22. The first-order valence-corrected chi connectivity index (χ1v) is 5.78. The molecule has 0 radical (unpaired) electrons. The topological polar surface area (TPSA) is 84.0 Å². The van der Waals surface area contributed by atoms with Crippen molar-refractivity contribution in [3.05, 3.63) is 41.0 Å². The number of nitrogens with one attached hydrogen (secondary N) is 1. The zero-order valence-electron chi connectivity index (χ0n) is 10.1. The molecule has 0 fully saturated rings. The molecule has 1 aromatic carbocycles. The zero-order chi connectivity index (χ0) is 13.8. The van der Waals surface area contributed by atoms with Gasteiger partial charge in [0.2, 0.25) is 0 Å². The molecule has 0 unspecified atom stereocenters. The maximum absolute atomic E-state index is 9.11. The number of anilines is 3. The van der Waals surface area contributed by atoms with Crippen LogP contribution in [0.15, 0.2) is 30.5 Å². The number of ether oxygens (including phenoxy) is 1. The Kier molecular flexibility index (Phi) is 3.74. The molecule has 1 heterocycles. The Balaban J connectivity index is 2.46. The molecular weight excluding hydrogens is 264 g/mol. The molecule has 1 aromatic heterocycles. The van der Waals surface area contributed by atoms with Crippen molar-refractivity contribution in [2.75, 3.05) is 18.2 Å². The molecule has 0 amide bonds. The van der Waals surface area contributed by atoms with Crippen LogP contribution >= 0.6 is 11.6 Å². The average Bonchev–Trinajstić information content (AvgIpc) is 2.42. The average molecular weight is 275 g/mol. The minimum absolute atomic E-state index is 0.391. The Morgan fingerprint density at radius 1 is 1.47 bits per heavy atom. The van der Waals surface area contributed by atoms with Crippen molar-refractivity contribution in [2.24, 2.45) is 0 Å². The molecule has 0 saturated heterocycles. The number of para-hydroxylation sites is 1. The number of nitriles is 1. The zero-order valence-corrected chi connectivity index (χ0v) is 10.9. The van der Waals surface area contributed by atoms with Gasteiger partial charge in [-0.05, 0) is 18.2 Å². The summed E-state index contributed by atoms with van der Waals surface area (Å²) in [7, 11) is 1.53. The molecule has 6 heteroatoms. The van der Waals surface area contributed by atoms with Crippen LogP contribution in [0.25, 0.3) is 0 Å². The molecule has 0 bridgehead atoms. The van der Waals surface area contributed by atoms with E-state index in [9.17, 15) is 0 Å². The lowest BCUT2D eigenvalue weighted by Gasteiger charge is -2.13. The molecule has 19 heavy (non-hydrogen) atoms. The largest absolute Gasteiger partial charge is 0.495 e. The van der Waals surface area contributed by atoms with Gasteiger partial charge < -0.3 is 15.8 Å². The van der Waals surface area contributed by atoms with Gasteiger partial charge in [0, 0.05) is 6.20 Å². The second-order valence-corrected chi connectivity index (χ2v) is 4.15. The number of nitrogens with two attached hydrogens (primary N) is 1. The van der Waals surface area contributed by atoms with Crippen molar-refractivity contribution in [1.82, 2.24) is 4.98 Å². The Bertz CT molecular complexity index is 652. The molecule has 0 spiro atoms. The summed E-state index contributed by atoms with van der Waals surface area (Å²) in [6, 6.07) is 8.83. The Morgan fingerprint density at radius 3 is 2.89 bits per heavy atom. The summed E-state index contributed by atoms with van der Waals surface area (Å²) in [5.74, 6) is 0.959. The van der Waals surface area contributed by atoms with E-state index in [0.29, 0.717) is 33.5 Å². The minimum Gasteiger partial charge on any atom is -0.495 e. The van der Waals surface area contributed by atoms with Crippen molar-refractivity contribution < 1.29 is 4.74 Å². The van der Waals surface area contributed by atoms with E-state index in [0.717, 1.165) is 0 Å². The lowest BCUT2D eigenvalue weighted by atomic mass is 10.1. The van der Waals surface area contributed by atoms with Gasteiger partial charge in [-0.2, -0.15) is 5.26 Å². The van der Waals surface area contributed by atoms with Crippen molar-refractivity contribution in [1.29, 1.82) is 5.26 Å². The molecule has 5 nitrogen and oxygen atoms in total. The van der Waals surface area contributed by atoms with E-state index in [1.54, 1.807) is 24.3 Å². The molecule has 2 rings (SSSR count). The van der Waals surface area contributed by atoms with E-state index in [1.807, 2.05) is 0 Å². The fourth-order valence-corrected chi connectivity index (χ4v) is 1.77. The van der Waals surface area contributed by atoms with Gasteiger partial charge in [0.05, 0.1) is 23.4 Å². The number of pyridine rings is 1. The van der Waals surface area contributed by atoms with Crippen LogP contribution in [0.5, 0.6) is 5.75 Å². The first kappa shape index (κ1) is 13.0. The highest BCUT2D eigenvalue weighted by Crippen LogP contribution is 2.32. The molecule has 0 atom stereocenters. The van der Waals surface area contributed by atoms with Gasteiger partial charge in [-0.1, -0.05) is 17.7 Å². The van der Waals surface area contributed by atoms with E-state index < -0.39 is 0 Å². The van der Waals surface area contributed by atoms with Gasteiger partial charge in [0.15, 0.2) is 5.82 Å². The van der Waals surface area contributed by atoms with Crippen molar-refractivity contribution >= 4 is 28.8 Å². The third-order valence-corrected chi connectivity index (χ3v) is 2.70. The normalized spacial score (nSPS) is 9.74. The van der Waals surface area contributed by atoms with Gasteiger partial charge in [-0.15, -0.1) is 0 Å². The quantitative estimate of drug-likeness (QED) is 0.899. The summed E-state index contributed by atoms with van der Waals surface area (Å²) in [4.78, 5) is 4.09. The maximum atomic E-state index is 9.11. The number of benzene rings is 1. The van der Waals surface area contributed by atoms with Crippen molar-refractivity contribution in [3.8, 4) is 11.8 Å². The predicted octanol–water partition coefficient (Wildman–Crippen LogP) is 2.94. The van der Waals surface area contributed by atoms with Crippen LogP contribution in [0.4, 0.5) is 17.2 Å². The number of nitrogen functional groups attached to an aromatic ring is 1. The highest BCUT2D eigenvalue weighted by Gasteiger charge is 2.11. The molecule has 0 saturated carbocycles. The first-order chi connectivity index (χ1) is 9.15. The van der Waals surface area contributed by atoms with Crippen molar-refractivity contribution in [2.45, 2.75) is 0 Å². The fourth-order valence-electron chi connectivity index (χ4n) is 1.60. The van der Waals surface area contributed by atoms with E-state index in [1.165, 1.54) is 13.3 Å². The summed E-state index contributed by atoms with van der Waals surface area (Å²) in [6.45, 7) is 0. The minimum atomic E-state index is 0.391. The third-order valence-electron chi connectivity index (χ3n) is 2.49. The van der Waals surface area contributed by atoms with Crippen LogP contribution in [0.2, 0.25) is 5.02 Å². The van der Waals surface area contributed by atoms with Gasteiger partial charge in [0.25, 0.3) is 0 Å². The monoisotopic (exact) mass is 274 g/mol. The standard InChI is InChI=1S/C13H11ClN4O/c1-19-11-4-2-3-8(6-15)12(11)18-13-10(16)5-9(14)7-17-13/h2-5,7H,16H2,1H3,(H,17,18). The van der Waals surface area contributed by atoms with Crippen LogP contribution < -0.4 is 15.8 Å². The summed E-state index contributed by atoms with van der Waals surface area (Å²) >= 11 is 5.79. The second-order valence-electron chi connectivity index (χ2n) is 3.71.